The Morgan fingerprint density at radius 2 is 2.26 bits per heavy atom. The number of aromatic carboxylic acids is 1. The number of carboxylic acids is 1. The number of pyridine rings is 1. The molecule has 2 rings (SSSR count). The monoisotopic (exact) mass is 262 g/mol. The average Bonchev–Trinajstić information content (AvgIpc) is 2.83. The fourth-order valence-electron chi connectivity index (χ4n) is 2.71. The van der Waals surface area contributed by atoms with Gasteiger partial charge in [0.25, 0.3) is 0 Å². The van der Waals surface area contributed by atoms with E-state index < -0.39 is 5.97 Å². The topological polar surface area (TPSA) is 53.4 Å². The Bertz CT molecular complexity index is 485. The van der Waals surface area contributed by atoms with Gasteiger partial charge in [-0.05, 0) is 44.2 Å². The molecule has 4 nitrogen and oxygen atoms in total. The van der Waals surface area contributed by atoms with Crippen molar-refractivity contribution in [2.75, 3.05) is 11.9 Å². The van der Waals surface area contributed by atoms with Gasteiger partial charge in [0, 0.05) is 18.8 Å². The summed E-state index contributed by atoms with van der Waals surface area (Å²) in [6.45, 7) is 4.25. The number of rotatable bonds is 5. The number of carboxylic acid groups (broad SMARTS) is 1. The average molecular weight is 262 g/mol. The molecule has 19 heavy (non-hydrogen) atoms. The first-order valence-corrected chi connectivity index (χ1v) is 7.03. The number of aryl methyl sites for hydroxylation is 2. The van der Waals surface area contributed by atoms with Crippen LogP contribution in [0.25, 0.3) is 0 Å². The maximum Gasteiger partial charge on any atom is 0.339 e. The number of carbonyl (C=O) groups is 1. The molecule has 0 bridgehead atoms. The first kappa shape index (κ1) is 13.8. The molecule has 0 radical (unpaired) electrons. The molecule has 0 fully saturated rings. The maximum atomic E-state index is 11.4. The Hall–Kier alpha value is -1.58. The van der Waals surface area contributed by atoms with E-state index in [1.165, 1.54) is 0 Å². The van der Waals surface area contributed by atoms with Crippen molar-refractivity contribution in [2.45, 2.75) is 52.0 Å². The zero-order valence-corrected chi connectivity index (χ0v) is 11.9. The molecule has 1 heterocycles. The molecule has 1 unspecified atom stereocenters. The molecular weight excluding hydrogens is 240 g/mol. The highest BCUT2D eigenvalue weighted by Crippen LogP contribution is 2.28. The van der Waals surface area contributed by atoms with Gasteiger partial charge < -0.3 is 10.0 Å². The van der Waals surface area contributed by atoms with Crippen LogP contribution in [0.2, 0.25) is 0 Å². The molecule has 1 aromatic heterocycles. The second-order valence-electron chi connectivity index (χ2n) is 5.37. The summed E-state index contributed by atoms with van der Waals surface area (Å²) in [6, 6.07) is 2.12. The third kappa shape index (κ3) is 2.72. The summed E-state index contributed by atoms with van der Waals surface area (Å²) in [7, 11) is 1.94. The van der Waals surface area contributed by atoms with E-state index in [2.05, 4.69) is 18.8 Å². The van der Waals surface area contributed by atoms with Crippen LogP contribution in [0.4, 0.5) is 5.82 Å². The van der Waals surface area contributed by atoms with Gasteiger partial charge in [0.15, 0.2) is 0 Å². The van der Waals surface area contributed by atoms with Gasteiger partial charge in [-0.25, -0.2) is 9.78 Å². The fraction of sp³-hybridized carbons (Fsp3) is 0.600. The Morgan fingerprint density at radius 1 is 1.53 bits per heavy atom. The third-order valence-electron chi connectivity index (χ3n) is 3.96. The summed E-state index contributed by atoms with van der Waals surface area (Å²) < 4.78 is 0. The van der Waals surface area contributed by atoms with Crippen molar-refractivity contribution in [1.82, 2.24) is 4.98 Å². The maximum absolute atomic E-state index is 11.4. The van der Waals surface area contributed by atoms with Gasteiger partial charge in [0.2, 0.25) is 0 Å². The highest BCUT2D eigenvalue weighted by molar-refractivity contribution is 5.93. The van der Waals surface area contributed by atoms with Crippen LogP contribution in [-0.2, 0) is 12.8 Å². The van der Waals surface area contributed by atoms with Crippen molar-refractivity contribution < 1.29 is 9.90 Å². The molecule has 1 aliphatic rings. The first-order chi connectivity index (χ1) is 9.04. The Morgan fingerprint density at radius 3 is 2.89 bits per heavy atom. The summed E-state index contributed by atoms with van der Waals surface area (Å²) >= 11 is 0. The molecule has 0 spiro atoms. The molecule has 4 heteroatoms. The molecule has 104 valence electrons. The lowest BCUT2D eigenvalue weighted by molar-refractivity contribution is 0.0697. The minimum atomic E-state index is -0.882. The van der Waals surface area contributed by atoms with Gasteiger partial charge in [-0.3, -0.25) is 0 Å². The lowest BCUT2D eigenvalue weighted by Gasteiger charge is -2.27. The van der Waals surface area contributed by atoms with E-state index in [1.54, 1.807) is 0 Å². The van der Waals surface area contributed by atoms with Gasteiger partial charge >= 0.3 is 5.97 Å². The second kappa shape index (κ2) is 5.59. The molecule has 0 saturated carbocycles. The summed E-state index contributed by atoms with van der Waals surface area (Å²) in [5.74, 6) is -0.262. The fourth-order valence-corrected chi connectivity index (χ4v) is 2.71. The van der Waals surface area contributed by atoms with Crippen LogP contribution in [0.15, 0.2) is 6.07 Å². The molecule has 1 aromatic rings. The Kier molecular flexibility index (Phi) is 4.08. The van der Waals surface area contributed by atoms with E-state index in [-0.39, 0.29) is 0 Å². The van der Waals surface area contributed by atoms with Crippen molar-refractivity contribution >= 4 is 11.8 Å². The Labute approximate surface area is 114 Å². The summed E-state index contributed by atoms with van der Waals surface area (Å²) in [5.41, 5.74) is 2.53. The van der Waals surface area contributed by atoms with E-state index in [1.807, 2.05) is 18.0 Å². The summed E-state index contributed by atoms with van der Waals surface area (Å²) in [4.78, 5) is 18.1. The normalized spacial score (nSPS) is 15.1. The van der Waals surface area contributed by atoms with Crippen LogP contribution < -0.4 is 4.90 Å². The van der Waals surface area contributed by atoms with E-state index in [4.69, 9.17) is 0 Å². The summed E-state index contributed by atoms with van der Waals surface area (Å²) in [5, 5.41) is 9.39. The lowest BCUT2D eigenvalue weighted by atomic mass is 10.1. The van der Waals surface area contributed by atoms with Gasteiger partial charge in [0.05, 0.1) is 0 Å². The molecular formula is C15H22N2O2. The number of aromatic nitrogens is 1. The van der Waals surface area contributed by atoms with Crippen LogP contribution in [0.5, 0.6) is 0 Å². The second-order valence-corrected chi connectivity index (χ2v) is 5.37. The van der Waals surface area contributed by atoms with Crippen LogP contribution in [0.1, 0.15) is 54.7 Å². The lowest BCUT2D eigenvalue weighted by Crippen LogP contribution is -2.31. The molecule has 0 aromatic carbocycles. The van der Waals surface area contributed by atoms with Crippen LogP contribution in [0.3, 0.4) is 0 Å². The van der Waals surface area contributed by atoms with Gasteiger partial charge in [-0.2, -0.15) is 0 Å². The van der Waals surface area contributed by atoms with Crippen molar-refractivity contribution in [2.24, 2.45) is 0 Å². The predicted octanol–water partition coefficient (Wildman–Crippen LogP) is 2.89. The van der Waals surface area contributed by atoms with Crippen LogP contribution >= 0.6 is 0 Å². The predicted molar refractivity (Wildman–Crippen MR) is 76.0 cm³/mol. The van der Waals surface area contributed by atoms with Crippen LogP contribution in [-0.4, -0.2) is 29.1 Å². The van der Waals surface area contributed by atoms with Gasteiger partial charge in [-0.1, -0.05) is 13.3 Å². The quantitative estimate of drug-likeness (QED) is 0.886. The van der Waals surface area contributed by atoms with E-state index >= 15 is 0 Å². The van der Waals surface area contributed by atoms with Crippen molar-refractivity contribution in [3.05, 3.63) is 22.9 Å². The molecule has 1 N–H and O–H groups in total. The first-order valence-electron chi connectivity index (χ1n) is 7.03. The van der Waals surface area contributed by atoms with Crippen molar-refractivity contribution in [3.8, 4) is 0 Å². The highest BCUT2D eigenvalue weighted by atomic mass is 16.4. The van der Waals surface area contributed by atoms with Gasteiger partial charge in [-0.15, -0.1) is 0 Å². The van der Waals surface area contributed by atoms with Crippen molar-refractivity contribution in [3.63, 3.8) is 0 Å². The molecule has 1 atom stereocenters. The number of fused-ring (bicyclic) bond motifs is 1. The van der Waals surface area contributed by atoms with E-state index in [0.29, 0.717) is 17.4 Å². The molecule has 0 saturated heterocycles. The third-order valence-corrected chi connectivity index (χ3v) is 3.96. The molecule has 0 aliphatic heterocycles. The Balaban J connectivity index is 2.40. The SMILES string of the molecule is CCCC(C)N(C)c1nc2c(cc1C(=O)O)CCC2. The number of hydrogen-bond donors (Lipinski definition) is 1. The largest absolute Gasteiger partial charge is 0.478 e. The number of anilines is 1. The zero-order chi connectivity index (χ0) is 14.0. The van der Waals surface area contributed by atoms with E-state index in [0.717, 1.165) is 43.4 Å². The molecule has 1 aliphatic carbocycles. The number of hydrogen-bond acceptors (Lipinski definition) is 3. The minimum Gasteiger partial charge on any atom is -0.478 e. The van der Waals surface area contributed by atoms with Crippen LogP contribution in [0, 0.1) is 0 Å². The van der Waals surface area contributed by atoms with Crippen molar-refractivity contribution in [1.29, 1.82) is 0 Å². The zero-order valence-electron chi connectivity index (χ0n) is 11.9. The summed E-state index contributed by atoms with van der Waals surface area (Å²) in [6.07, 6.45) is 5.13. The number of nitrogens with zero attached hydrogens (tertiary/aromatic N) is 2. The van der Waals surface area contributed by atoms with E-state index in [9.17, 15) is 9.90 Å². The molecule has 0 amide bonds. The standard InChI is InChI=1S/C15H22N2O2/c1-4-6-10(2)17(3)14-12(15(18)19)9-11-7-5-8-13(11)16-14/h9-10H,4-8H2,1-3H3,(H,18,19). The highest BCUT2D eigenvalue weighted by Gasteiger charge is 2.23. The van der Waals surface area contributed by atoms with Gasteiger partial charge in [0.1, 0.15) is 11.4 Å². The minimum absolute atomic E-state index is 0.301. The smallest absolute Gasteiger partial charge is 0.339 e.